The van der Waals surface area contributed by atoms with Gasteiger partial charge in [0.25, 0.3) is 0 Å². The molecule has 1 unspecified atom stereocenters. The van der Waals surface area contributed by atoms with Crippen LogP contribution in [0.15, 0.2) is 0 Å². The Morgan fingerprint density at radius 3 is 2.59 bits per heavy atom. The third-order valence-electron chi connectivity index (χ3n) is 2.68. The number of rotatable bonds is 2. The normalized spacial score (nSPS) is 19.6. The Morgan fingerprint density at radius 1 is 1.29 bits per heavy atom. The second-order valence-electron chi connectivity index (χ2n) is 3.75. The van der Waals surface area contributed by atoms with Gasteiger partial charge in [-0.05, 0) is 26.2 Å². The highest BCUT2D eigenvalue weighted by Crippen LogP contribution is 2.18. The molecule has 1 atom stereocenters. The lowest BCUT2D eigenvalue weighted by Crippen LogP contribution is -2.51. The predicted molar refractivity (Wildman–Crippen MR) is 58.0 cm³/mol. The number of likely N-dealkylation sites (tertiary alicyclic amines) is 1. The lowest BCUT2D eigenvalue weighted by Gasteiger charge is -2.32. The quantitative estimate of drug-likeness (QED) is 0.508. The van der Waals surface area contributed by atoms with Crippen molar-refractivity contribution in [3.8, 4) is 0 Å². The molecule has 0 aliphatic carbocycles. The summed E-state index contributed by atoms with van der Waals surface area (Å²) < 4.78 is 9.26. The monoisotopic (exact) mass is 243 g/mol. The van der Waals surface area contributed by atoms with E-state index in [1.807, 2.05) is 0 Å². The van der Waals surface area contributed by atoms with Crippen LogP contribution >= 0.6 is 0 Å². The largest absolute Gasteiger partial charge is 0.464 e. The Morgan fingerprint density at radius 2 is 2.00 bits per heavy atom. The molecule has 6 heteroatoms. The number of ether oxygens (including phenoxy) is 2. The molecule has 1 aliphatic rings. The summed E-state index contributed by atoms with van der Waals surface area (Å²) in [5.74, 6) is -2.17. The topological polar surface area (TPSA) is 72.9 Å². The van der Waals surface area contributed by atoms with E-state index in [0.29, 0.717) is 13.0 Å². The summed E-state index contributed by atoms with van der Waals surface area (Å²) in [4.78, 5) is 35.8. The van der Waals surface area contributed by atoms with E-state index in [1.54, 1.807) is 6.92 Å². The van der Waals surface area contributed by atoms with Crippen LogP contribution in [0.4, 0.5) is 0 Å². The van der Waals surface area contributed by atoms with Gasteiger partial charge in [0.1, 0.15) is 6.04 Å². The van der Waals surface area contributed by atoms with Gasteiger partial charge in [-0.15, -0.1) is 0 Å². The van der Waals surface area contributed by atoms with Crippen LogP contribution in [-0.2, 0) is 23.9 Å². The zero-order valence-electron chi connectivity index (χ0n) is 10.1. The summed E-state index contributed by atoms with van der Waals surface area (Å²) in [7, 11) is 1.14. The molecular formula is C11H17NO5. The van der Waals surface area contributed by atoms with Crippen molar-refractivity contribution in [2.24, 2.45) is 0 Å². The average molecular weight is 243 g/mol. The first-order chi connectivity index (χ1) is 8.11. The van der Waals surface area contributed by atoms with Crippen LogP contribution in [0.3, 0.4) is 0 Å². The Kier molecular flexibility index (Phi) is 4.93. The van der Waals surface area contributed by atoms with E-state index in [9.17, 15) is 14.4 Å². The van der Waals surface area contributed by atoms with Gasteiger partial charge in [-0.1, -0.05) is 0 Å². The van der Waals surface area contributed by atoms with E-state index in [4.69, 9.17) is 4.74 Å². The van der Waals surface area contributed by atoms with Crippen molar-refractivity contribution in [1.29, 1.82) is 0 Å². The number of amides is 1. The minimum Gasteiger partial charge on any atom is -0.464 e. The van der Waals surface area contributed by atoms with Gasteiger partial charge in [0.05, 0.1) is 13.7 Å². The number of hydrogen-bond acceptors (Lipinski definition) is 5. The molecule has 0 bridgehead atoms. The fourth-order valence-electron chi connectivity index (χ4n) is 1.86. The highest BCUT2D eigenvalue weighted by atomic mass is 16.5. The number of nitrogens with zero attached hydrogens (tertiary/aromatic N) is 1. The molecule has 0 radical (unpaired) electrons. The number of esters is 2. The molecule has 0 saturated carbocycles. The molecule has 1 fully saturated rings. The number of hydrogen-bond donors (Lipinski definition) is 0. The summed E-state index contributed by atoms with van der Waals surface area (Å²) in [5, 5.41) is 0. The molecule has 0 spiro atoms. The van der Waals surface area contributed by atoms with Gasteiger partial charge in [0, 0.05) is 6.54 Å². The first kappa shape index (κ1) is 13.5. The van der Waals surface area contributed by atoms with Crippen molar-refractivity contribution >= 4 is 17.8 Å². The number of carbonyl (C=O) groups excluding carboxylic acids is 3. The summed E-state index contributed by atoms with van der Waals surface area (Å²) in [5.41, 5.74) is 0. The Hall–Kier alpha value is -1.59. The molecule has 1 saturated heterocycles. The maximum absolute atomic E-state index is 11.7. The molecule has 0 aromatic heterocycles. The Bertz CT molecular complexity index is 315. The molecule has 96 valence electrons. The second kappa shape index (κ2) is 6.22. The van der Waals surface area contributed by atoms with Crippen LogP contribution in [0.1, 0.15) is 26.2 Å². The second-order valence-corrected chi connectivity index (χ2v) is 3.75. The summed E-state index contributed by atoms with van der Waals surface area (Å²) in [6.45, 7) is 2.35. The van der Waals surface area contributed by atoms with Gasteiger partial charge in [-0.2, -0.15) is 0 Å². The van der Waals surface area contributed by atoms with E-state index in [1.165, 1.54) is 4.90 Å². The van der Waals surface area contributed by atoms with E-state index >= 15 is 0 Å². The van der Waals surface area contributed by atoms with E-state index in [0.717, 1.165) is 20.0 Å². The fraction of sp³-hybridized carbons (Fsp3) is 0.727. The van der Waals surface area contributed by atoms with Crippen molar-refractivity contribution in [2.45, 2.75) is 32.2 Å². The van der Waals surface area contributed by atoms with Crippen LogP contribution in [-0.4, -0.2) is 49.0 Å². The van der Waals surface area contributed by atoms with Gasteiger partial charge in [0.15, 0.2) is 0 Å². The number of piperidine rings is 1. The van der Waals surface area contributed by atoms with E-state index in [-0.39, 0.29) is 6.61 Å². The van der Waals surface area contributed by atoms with Crippen LogP contribution in [0.5, 0.6) is 0 Å². The van der Waals surface area contributed by atoms with Crippen LogP contribution in [0.2, 0.25) is 0 Å². The first-order valence-electron chi connectivity index (χ1n) is 5.67. The minimum atomic E-state index is -0.943. The van der Waals surface area contributed by atoms with E-state index in [2.05, 4.69) is 4.74 Å². The fourth-order valence-corrected chi connectivity index (χ4v) is 1.86. The molecular weight excluding hydrogens is 226 g/mol. The zero-order valence-corrected chi connectivity index (χ0v) is 10.1. The summed E-state index contributed by atoms with van der Waals surface area (Å²) >= 11 is 0. The molecule has 1 rings (SSSR count). The standard InChI is InChI=1S/C11H17NO5/c1-3-17-10(14)8-6-4-5-7-12(8)9(13)11(15)16-2/h8H,3-7H2,1-2H3. The van der Waals surface area contributed by atoms with Crippen LogP contribution in [0.25, 0.3) is 0 Å². The highest BCUT2D eigenvalue weighted by Gasteiger charge is 2.36. The zero-order chi connectivity index (χ0) is 12.8. The van der Waals surface area contributed by atoms with Crippen LogP contribution in [0, 0.1) is 0 Å². The predicted octanol–water partition coefficient (Wildman–Crippen LogP) is 0.104. The minimum absolute atomic E-state index is 0.260. The van der Waals surface area contributed by atoms with Crippen molar-refractivity contribution < 1.29 is 23.9 Å². The summed E-state index contributed by atoms with van der Waals surface area (Å²) in [6.07, 6.45) is 2.15. The maximum atomic E-state index is 11.7. The number of methoxy groups -OCH3 is 1. The molecule has 17 heavy (non-hydrogen) atoms. The lowest BCUT2D eigenvalue weighted by atomic mass is 10.0. The van der Waals surface area contributed by atoms with E-state index < -0.39 is 23.9 Å². The molecule has 0 aromatic carbocycles. The van der Waals surface area contributed by atoms with Gasteiger partial charge in [-0.3, -0.25) is 4.79 Å². The average Bonchev–Trinajstić information content (AvgIpc) is 2.37. The van der Waals surface area contributed by atoms with Crippen molar-refractivity contribution in [3.63, 3.8) is 0 Å². The SMILES string of the molecule is CCOC(=O)C1CCCCN1C(=O)C(=O)OC. The Balaban J connectivity index is 2.75. The van der Waals surface area contributed by atoms with Gasteiger partial charge < -0.3 is 14.4 Å². The van der Waals surface area contributed by atoms with Crippen molar-refractivity contribution in [1.82, 2.24) is 4.90 Å². The molecule has 6 nitrogen and oxygen atoms in total. The third kappa shape index (κ3) is 3.18. The maximum Gasteiger partial charge on any atom is 0.396 e. The third-order valence-corrected chi connectivity index (χ3v) is 2.68. The first-order valence-corrected chi connectivity index (χ1v) is 5.67. The van der Waals surface area contributed by atoms with Crippen molar-refractivity contribution in [3.05, 3.63) is 0 Å². The summed E-state index contributed by atoms with van der Waals surface area (Å²) in [6, 6.07) is -0.657. The van der Waals surface area contributed by atoms with Gasteiger partial charge in [-0.25, -0.2) is 9.59 Å². The molecule has 1 amide bonds. The smallest absolute Gasteiger partial charge is 0.396 e. The lowest BCUT2D eigenvalue weighted by molar-refractivity contribution is -0.165. The molecule has 1 heterocycles. The molecule has 1 aliphatic heterocycles. The molecule has 0 N–H and O–H groups in total. The molecule has 0 aromatic rings. The van der Waals surface area contributed by atoms with Gasteiger partial charge >= 0.3 is 17.8 Å². The highest BCUT2D eigenvalue weighted by molar-refractivity contribution is 6.32. The van der Waals surface area contributed by atoms with Crippen LogP contribution < -0.4 is 0 Å². The van der Waals surface area contributed by atoms with Gasteiger partial charge in [0.2, 0.25) is 0 Å². The van der Waals surface area contributed by atoms with Crippen molar-refractivity contribution in [2.75, 3.05) is 20.3 Å². The number of carbonyl (C=O) groups is 3. The Labute approximate surface area is 99.9 Å².